The zero-order valence-electron chi connectivity index (χ0n) is 15.3. The molecule has 0 aliphatic heterocycles. The van der Waals surface area contributed by atoms with Crippen LogP contribution in [0.2, 0.25) is 10.0 Å². The first kappa shape index (κ1) is 22.4. The molecule has 0 radical (unpaired) electrons. The molecule has 0 saturated heterocycles. The molecule has 28 heavy (non-hydrogen) atoms. The minimum Gasteiger partial charge on any atom is -0.454 e. The zero-order chi connectivity index (χ0) is 20.9. The van der Waals surface area contributed by atoms with E-state index < -0.39 is 28.4 Å². The molecular weight excluding hydrogens is 425 g/mol. The van der Waals surface area contributed by atoms with E-state index in [2.05, 4.69) is 0 Å². The van der Waals surface area contributed by atoms with Crippen molar-refractivity contribution >= 4 is 45.0 Å². The number of rotatable bonds is 8. The lowest BCUT2D eigenvalue weighted by molar-refractivity contribution is 0.0474. The highest BCUT2D eigenvalue weighted by Gasteiger charge is 2.22. The number of benzene rings is 2. The summed E-state index contributed by atoms with van der Waals surface area (Å²) < 4.78 is 31.2. The van der Waals surface area contributed by atoms with E-state index in [1.54, 1.807) is 13.8 Å². The van der Waals surface area contributed by atoms with Crippen LogP contribution in [0.5, 0.6) is 0 Å². The van der Waals surface area contributed by atoms with Gasteiger partial charge in [-0.1, -0.05) is 37.0 Å². The van der Waals surface area contributed by atoms with Gasteiger partial charge in [-0.05, 0) is 42.5 Å². The lowest BCUT2D eigenvalue weighted by atomic mass is 10.1. The van der Waals surface area contributed by atoms with Crippen molar-refractivity contribution in [2.45, 2.75) is 18.7 Å². The molecule has 0 amide bonds. The van der Waals surface area contributed by atoms with Crippen LogP contribution in [0.3, 0.4) is 0 Å². The molecule has 150 valence electrons. The molecular formula is C19H19Cl2NO5S. The van der Waals surface area contributed by atoms with Gasteiger partial charge in [0.05, 0.1) is 20.5 Å². The molecule has 0 unspecified atom stereocenters. The average Bonchev–Trinajstić information content (AvgIpc) is 2.68. The van der Waals surface area contributed by atoms with Crippen LogP contribution >= 0.6 is 23.2 Å². The Morgan fingerprint density at radius 3 is 2.04 bits per heavy atom. The smallest absolute Gasteiger partial charge is 0.338 e. The van der Waals surface area contributed by atoms with E-state index >= 15 is 0 Å². The molecule has 0 atom stereocenters. The second-order valence-corrected chi connectivity index (χ2v) is 8.49. The second kappa shape index (κ2) is 9.52. The number of ketones is 1. The van der Waals surface area contributed by atoms with Crippen LogP contribution in [-0.2, 0) is 14.8 Å². The molecule has 0 aromatic heterocycles. The number of sulfonamides is 1. The van der Waals surface area contributed by atoms with Gasteiger partial charge >= 0.3 is 5.97 Å². The number of hydrogen-bond donors (Lipinski definition) is 0. The predicted octanol–water partition coefficient (Wildman–Crippen LogP) is 4.06. The number of nitrogens with zero attached hydrogens (tertiary/aromatic N) is 1. The first-order valence-corrected chi connectivity index (χ1v) is 10.7. The third-order valence-corrected chi connectivity index (χ3v) is 6.81. The molecule has 0 heterocycles. The topological polar surface area (TPSA) is 80.8 Å². The van der Waals surface area contributed by atoms with Gasteiger partial charge in [-0.25, -0.2) is 13.2 Å². The van der Waals surface area contributed by atoms with E-state index in [9.17, 15) is 18.0 Å². The van der Waals surface area contributed by atoms with Gasteiger partial charge in [0.25, 0.3) is 0 Å². The minimum atomic E-state index is -3.61. The van der Waals surface area contributed by atoms with Crippen molar-refractivity contribution in [1.82, 2.24) is 4.31 Å². The molecule has 0 bridgehead atoms. The fourth-order valence-electron chi connectivity index (χ4n) is 2.44. The lowest BCUT2D eigenvalue weighted by Gasteiger charge is -2.18. The van der Waals surface area contributed by atoms with Crippen LogP contribution in [0.4, 0.5) is 0 Å². The third-order valence-electron chi connectivity index (χ3n) is 4.01. The molecule has 0 saturated carbocycles. The molecule has 2 aromatic carbocycles. The van der Waals surface area contributed by atoms with Crippen molar-refractivity contribution < 1.29 is 22.7 Å². The Bertz CT molecular complexity index is 970. The Kier molecular flexibility index (Phi) is 7.60. The summed E-state index contributed by atoms with van der Waals surface area (Å²) in [6.07, 6.45) is 0. The van der Waals surface area contributed by atoms with Gasteiger partial charge in [-0.3, -0.25) is 4.79 Å². The van der Waals surface area contributed by atoms with Crippen molar-refractivity contribution in [2.24, 2.45) is 0 Å². The van der Waals surface area contributed by atoms with Crippen LogP contribution in [0.25, 0.3) is 0 Å². The van der Waals surface area contributed by atoms with E-state index in [1.165, 1.54) is 46.8 Å². The minimum absolute atomic E-state index is 0.0830. The summed E-state index contributed by atoms with van der Waals surface area (Å²) in [5.41, 5.74) is 0.406. The van der Waals surface area contributed by atoms with Gasteiger partial charge in [0.2, 0.25) is 10.0 Å². The van der Waals surface area contributed by atoms with Gasteiger partial charge < -0.3 is 4.74 Å². The largest absolute Gasteiger partial charge is 0.454 e. The van der Waals surface area contributed by atoms with E-state index in [-0.39, 0.29) is 21.0 Å². The van der Waals surface area contributed by atoms with E-state index in [4.69, 9.17) is 27.9 Å². The summed E-state index contributed by atoms with van der Waals surface area (Å²) >= 11 is 11.7. The number of esters is 1. The zero-order valence-corrected chi connectivity index (χ0v) is 17.6. The first-order chi connectivity index (χ1) is 13.2. The highest BCUT2D eigenvalue weighted by Crippen LogP contribution is 2.23. The molecule has 0 fully saturated rings. The lowest BCUT2D eigenvalue weighted by Crippen LogP contribution is -2.30. The van der Waals surface area contributed by atoms with Gasteiger partial charge in [0, 0.05) is 18.7 Å². The van der Waals surface area contributed by atoms with Crippen molar-refractivity contribution in [3.8, 4) is 0 Å². The average molecular weight is 444 g/mol. The second-order valence-electron chi connectivity index (χ2n) is 5.74. The fraction of sp³-hybridized carbons (Fsp3) is 0.263. The van der Waals surface area contributed by atoms with Crippen LogP contribution < -0.4 is 0 Å². The van der Waals surface area contributed by atoms with E-state index in [0.29, 0.717) is 18.1 Å². The number of hydrogen-bond acceptors (Lipinski definition) is 5. The Labute approximate surface area is 174 Å². The Morgan fingerprint density at radius 2 is 1.50 bits per heavy atom. The molecule has 6 nitrogen and oxygen atoms in total. The normalized spacial score (nSPS) is 11.5. The van der Waals surface area contributed by atoms with Gasteiger partial charge in [0.15, 0.2) is 12.4 Å². The molecule has 0 aliphatic rings. The quantitative estimate of drug-likeness (QED) is 0.453. The van der Waals surface area contributed by atoms with Crippen molar-refractivity contribution in [3.63, 3.8) is 0 Å². The van der Waals surface area contributed by atoms with Crippen LogP contribution in [0.15, 0.2) is 47.4 Å². The molecule has 2 aromatic rings. The number of halogens is 2. The SMILES string of the molecule is CCN(CC)S(=O)(=O)c1ccc(C(=O)OCC(=O)c2ccc(Cl)c(Cl)c2)cc1. The van der Waals surface area contributed by atoms with Crippen LogP contribution in [0, 0.1) is 0 Å². The summed E-state index contributed by atoms with van der Waals surface area (Å²) in [5, 5.41) is 0.541. The maximum atomic E-state index is 12.4. The van der Waals surface area contributed by atoms with Crippen molar-refractivity contribution in [1.29, 1.82) is 0 Å². The predicted molar refractivity (Wildman–Crippen MR) is 108 cm³/mol. The molecule has 9 heteroatoms. The van der Waals surface area contributed by atoms with Crippen LogP contribution in [-0.4, -0.2) is 44.2 Å². The molecule has 2 rings (SSSR count). The number of ether oxygens (including phenoxy) is 1. The summed E-state index contributed by atoms with van der Waals surface area (Å²) in [6.45, 7) is 3.71. The van der Waals surface area contributed by atoms with E-state index in [0.717, 1.165) is 0 Å². The maximum Gasteiger partial charge on any atom is 0.338 e. The molecule has 0 N–H and O–H groups in total. The van der Waals surface area contributed by atoms with Crippen molar-refractivity contribution in [2.75, 3.05) is 19.7 Å². The highest BCUT2D eigenvalue weighted by molar-refractivity contribution is 7.89. The van der Waals surface area contributed by atoms with Gasteiger partial charge in [-0.15, -0.1) is 0 Å². The van der Waals surface area contributed by atoms with Crippen molar-refractivity contribution in [3.05, 3.63) is 63.6 Å². The Balaban J connectivity index is 2.05. The molecule has 0 aliphatic carbocycles. The summed E-state index contributed by atoms with van der Waals surface area (Å²) in [5.74, 6) is -1.17. The highest BCUT2D eigenvalue weighted by atomic mass is 35.5. The number of carbonyl (C=O) groups is 2. The summed E-state index contributed by atoms with van der Waals surface area (Å²) in [7, 11) is -3.61. The Morgan fingerprint density at radius 1 is 0.929 bits per heavy atom. The first-order valence-electron chi connectivity index (χ1n) is 8.46. The van der Waals surface area contributed by atoms with Crippen LogP contribution in [0.1, 0.15) is 34.6 Å². The summed E-state index contributed by atoms with van der Waals surface area (Å²) in [4.78, 5) is 24.3. The number of Topliss-reactive ketones (excluding diaryl/α,β-unsaturated/α-hetero) is 1. The maximum absolute atomic E-state index is 12.4. The van der Waals surface area contributed by atoms with Gasteiger partial charge in [0.1, 0.15) is 0 Å². The summed E-state index contributed by atoms with van der Waals surface area (Å²) in [6, 6.07) is 9.74. The standard InChI is InChI=1S/C19H19Cl2NO5S/c1-3-22(4-2)28(25,26)15-8-5-13(6-9-15)19(24)27-12-18(23)14-7-10-16(20)17(21)11-14/h5-11H,3-4,12H2,1-2H3. The fourth-order valence-corrected chi connectivity index (χ4v) is 4.20. The monoisotopic (exact) mass is 443 g/mol. The molecule has 0 spiro atoms. The Hall–Kier alpha value is -1.93. The van der Waals surface area contributed by atoms with E-state index in [1.807, 2.05) is 0 Å². The number of carbonyl (C=O) groups excluding carboxylic acids is 2. The van der Waals surface area contributed by atoms with Gasteiger partial charge in [-0.2, -0.15) is 4.31 Å². The third kappa shape index (κ3) is 5.11.